The molecular weight excluding hydrogens is 432 g/mol. The number of fused-ring (bicyclic) bond motifs is 5. The zero-order valence-electron chi connectivity index (χ0n) is 19.6. The highest BCUT2D eigenvalue weighted by atomic mass is 32.2. The molecule has 8 heteroatoms. The summed E-state index contributed by atoms with van der Waals surface area (Å²) in [6, 6.07) is 0. The van der Waals surface area contributed by atoms with Crippen molar-refractivity contribution in [1.29, 1.82) is 0 Å². The highest BCUT2D eigenvalue weighted by molar-refractivity contribution is 7.86. The molecule has 1 unspecified atom stereocenters. The summed E-state index contributed by atoms with van der Waals surface area (Å²) in [5, 5.41) is 0. The van der Waals surface area contributed by atoms with E-state index < -0.39 is 33.2 Å². The lowest BCUT2D eigenvalue weighted by Crippen LogP contribution is -2.63. The van der Waals surface area contributed by atoms with Crippen LogP contribution in [0.5, 0.6) is 0 Å². The molecule has 0 aliphatic heterocycles. The molecule has 7 nitrogen and oxygen atoms in total. The number of hydrogen-bond acceptors (Lipinski definition) is 7. The molecule has 0 heterocycles. The van der Waals surface area contributed by atoms with E-state index >= 15 is 0 Å². The lowest BCUT2D eigenvalue weighted by Gasteiger charge is -2.61. The smallest absolute Gasteiger partial charge is 0.303 e. The molecule has 4 aliphatic carbocycles. The van der Waals surface area contributed by atoms with Crippen molar-refractivity contribution in [2.45, 2.75) is 84.3 Å². The Balaban J connectivity index is 1.84. The van der Waals surface area contributed by atoms with E-state index in [4.69, 9.17) is 8.92 Å². The monoisotopic (exact) mass is 466 g/mol. The molecule has 32 heavy (non-hydrogen) atoms. The zero-order valence-corrected chi connectivity index (χ0v) is 20.4. The number of ketones is 2. The molecule has 3 saturated carbocycles. The van der Waals surface area contributed by atoms with E-state index in [0.717, 1.165) is 31.1 Å². The van der Waals surface area contributed by atoms with E-state index in [1.165, 1.54) is 13.8 Å². The Kier molecular flexibility index (Phi) is 5.52. The molecule has 178 valence electrons. The van der Waals surface area contributed by atoms with Gasteiger partial charge in [-0.15, -0.1) is 0 Å². The summed E-state index contributed by atoms with van der Waals surface area (Å²) in [6.07, 6.45) is 6.37. The maximum atomic E-state index is 13.0. The highest BCUT2D eigenvalue weighted by Gasteiger charge is 2.70. The lowest BCUT2D eigenvalue weighted by molar-refractivity contribution is -0.196. The zero-order chi connectivity index (χ0) is 23.7. The van der Waals surface area contributed by atoms with Crippen molar-refractivity contribution < 1.29 is 31.7 Å². The maximum absolute atomic E-state index is 13.0. The van der Waals surface area contributed by atoms with Gasteiger partial charge in [-0.2, -0.15) is 8.42 Å². The van der Waals surface area contributed by atoms with Crippen LogP contribution < -0.4 is 0 Å². The van der Waals surface area contributed by atoms with E-state index in [0.29, 0.717) is 25.7 Å². The van der Waals surface area contributed by atoms with Crippen molar-refractivity contribution in [1.82, 2.24) is 0 Å². The van der Waals surface area contributed by atoms with Crippen LogP contribution in [-0.2, 0) is 33.4 Å². The van der Waals surface area contributed by atoms with Crippen LogP contribution in [0.2, 0.25) is 0 Å². The summed E-state index contributed by atoms with van der Waals surface area (Å²) in [7, 11) is -3.76. The first kappa shape index (κ1) is 23.6. The van der Waals surface area contributed by atoms with Crippen LogP contribution in [0.1, 0.15) is 72.6 Å². The van der Waals surface area contributed by atoms with Crippen LogP contribution in [-0.4, -0.2) is 43.9 Å². The molecule has 4 aliphatic rings. The second-order valence-electron chi connectivity index (χ2n) is 10.9. The molecule has 0 aromatic heterocycles. The van der Waals surface area contributed by atoms with Crippen LogP contribution in [0, 0.1) is 28.6 Å². The molecule has 0 bridgehead atoms. The van der Waals surface area contributed by atoms with Gasteiger partial charge in [-0.3, -0.25) is 18.6 Å². The second-order valence-corrected chi connectivity index (χ2v) is 12.5. The van der Waals surface area contributed by atoms with Gasteiger partial charge < -0.3 is 4.74 Å². The van der Waals surface area contributed by atoms with Crippen molar-refractivity contribution in [3.05, 3.63) is 11.6 Å². The predicted octanol–water partition coefficient (Wildman–Crippen LogP) is 3.36. The molecule has 7 atom stereocenters. The van der Waals surface area contributed by atoms with Crippen LogP contribution in [0.3, 0.4) is 0 Å². The predicted molar refractivity (Wildman–Crippen MR) is 117 cm³/mol. The molecule has 0 N–H and O–H groups in total. The summed E-state index contributed by atoms with van der Waals surface area (Å²) >= 11 is 0. The first-order valence-corrected chi connectivity index (χ1v) is 13.4. The largest absolute Gasteiger partial charge is 0.451 e. The second kappa shape index (κ2) is 7.49. The number of ether oxygens (including phenoxy) is 1. The molecule has 0 amide bonds. The first-order chi connectivity index (χ1) is 14.7. The molecule has 0 spiro atoms. The number of Topliss-reactive ketones (excluding diaryl/α,β-unsaturated/α-hetero) is 1. The lowest BCUT2D eigenvalue weighted by atomic mass is 9.45. The fourth-order valence-corrected chi connectivity index (χ4v) is 8.65. The van der Waals surface area contributed by atoms with E-state index in [-0.39, 0.29) is 34.7 Å². The summed E-state index contributed by atoms with van der Waals surface area (Å²) < 4.78 is 36.2. The summed E-state index contributed by atoms with van der Waals surface area (Å²) in [5.41, 5.74) is -1.22. The Morgan fingerprint density at radius 1 is 1.09 bits per heavy atom. The van der Waals surface area contributed by atoms with E-state index in [2.05, 4.69) is 6.92 Å². The Morgan fingerprint density at radius 3 is 2.38 bits per heavy atom. The van der Waals surface area contributed by atoms with Crippen LogP contribution >= 0.6 is 0 Å². The molecule has 0 saturated heterocycles. The van der Waals surface area contributed by atoms with Gasteiger partial charge in [0.2, 0.25) is 0 Å². The van der Waals surface area contributed by atoms with Gasteiger partial charge in [-0.05, 0) is 74.7 Å². The summed E-state index contributed by atoms with van der Waals surface area (Å²) in [4.78, 5) is 37.1. The van der Waals surface area contributed by atoms with Crippen LogP contribution in [0.4, 0.5) is 0 Å². The van der Waals surface area contributed by atoms with Crippen molar-refractivity contribution in [2.24, 2.45) is 28.6 Å². The minimum absolute atomic E-state index is 0.0801. The number of rotatable bonds is 4. The molecule has 0 radical (unpaired) electrons. The topological polar surface area (TPSA) is 104 Å². The van der Waals surface area contributed by atoms with E-state index in [9.17, 15) is 22.8 Å². The third-order valence-corrected chi connectivity index (χ3v) is 9.78. The van der Waals surface area contributed by atoms with Crippen molar-refractivity contribution in [2.75, 3.05) is 6.26 Å². The molecule has 0 aromatic rings. The van der Waals surface area contributed by atoms with Gasteiger partial charge in [0.05, 0.1) is 12.4 Å². The molecule has 3 fully saturated rings. The standard InChI is InChI=1S/C24H34O7S/c1-14(25)24(30-15(2)26)11-9-19-18-7-6-16-12-17(27)8-10-22(16,3)21(18)20(13-23(19,24)4)31-32(5,28)29/h12,18-21H,6-11,13H2,1-5H3/t18-,19-,20?,21+,22-,23-,24-/m0/s1. The van der Waals surface area contributed by atoms with Crippen molar-refractivity contribution >= 4 is 27.7 Å². The first-order valence-electron chi connectivity index (χ1n) is 11.6. The minimum atomic E-state index is -3.76. The number of allylic oxidation sites excluding steroid dienone is 1. The highest BCUT2D eigenvalue weighted by Crippen LogP contribution is 2.69. The van der Waals surface area contributed by atoms with Gasteiger partial charge in [0.15, 0.2) is 17.2 Å². The quantitative estimate of drug-likeness (QED) is 0.462. The van der Waals surface area contributed by atoms with Gasteiger partial charge in [-0.1, -0.05) is 19.4 Å². The fraction of sp³-hybridized carbons (Fsp3) is 0.792. The fourth-order valence-electron chi connectivity index (χ4n) is 8.02. The molecule has 0 aromatic carbocycles. The minimum Gasteiger partial charge on any atom is -0.451 e. The number of carbonyl (C=O) groups excluding carboxylic acids is 3. The van der Waals surface area contributed by atoms with Gasteiger partial charge in [-0.25, -0.2) is 0 Å². The van der Waals surface area contributed by atoms with E-state index in [1.54, 1.807) is 6.08 Å². The van der Waals surface area contributed by atoms with Gasteiger partial charge in [0, 0.05) is 18.8 Å². The van der Waals surface area contributed by atoms with Gasteiger partial charge in [0.1, 0.15) is 0 Å². The summed E-state index contributed by atoms with van der Waals surface area (Å²) in [5.74, 6) is -0.428. The van der Waals surface area contributed by atoms with Gasteiger partial charge >= 0.3 is 5.97 Å². The molecule has 4 rings (SSSR count). The number of esters is 1. The number of hydrogen-bond donors (Lipinski definition) is 0. The Hall–Kier alpha value is -1.54. The normalized spacial score (nSPS) is 43.5. The number of carbonyl (C=O) groups is 3. The molecular formula is C24H34O7S. The SMILES string of the molecule is CC(=O)O[C@]1(C(C)=O)CC[C@H]2[C@@H]3CCC4=CC(=O)CC[C@]4(C)[C@H]3C(OS(C)(=O)=O)C[C@@]21C. The third-order valence-electron chi connectivity index (χ3n) is 9.18. The average Bonchev–Trinajstić information content (AvgIpc) is 2.93. The Bertz CT molecular complexity index is 998. The Morgan fingerprint density at radius 2 is 1.78 bits per heavy atom. The van der Waals surface area contributed by atoms with Crippen LogP contribution in [0.25, 0.3) is 0 Å². The van der Waals surface area contributed by atoms with Gasteiger partial charge in [0.25, 0.3) is 10.1 Å². The third kappa shape index (κ3) is 3.40. The average molecular weight is 467 g/mol. The Labute approximate surface area is 190 Å². The van der Waals surface area contributed by atoms with E-state index in [1.807, 2.05) is 6.92 Å². The van der Waals surface area contributed by atoms with Crippen LogP contribution in [0.15, 0.2) is 11.6 Å². The summed E-state index contributed by atoms with van der Waals surface area (Å²) in [6.45, 7) is 6.89. The van der Waals surface area contributed by atoms with Crippen molar-refractivity contribution in [3.63, 3.8) is 0 Å². The van der Waals surface area contributed by atoms with Crippen molar-refractivity contribution in [3.8, 4) is 0 Å². The maximum Gasteiger partial charge on any atom is 0.303 e.